The first-order chi connectivity index (χ1) is 16.4. The number of hydrogen-bond donors (Lipinski definition) is 1. The van der Waals surface area contributed by atoms with Gasteiger partial charge in [-0.2, -0.15) is 0 Å². The average molecular weight is 499 g/mol. The van der Waals surface area contributed by atoms with Crippen LogP contribution in [0.15, 0.2) is 72.8 Å². The lowest BCUT2D eigenvalue weighted by Crippen LogP contribution is -2.28. The van der Waals surface area contributed by atoms with Crippen molar-refractivity contribution in [1.82, 2.24) is 0 Å². The van der Waals surface area contributed by atoms with E-state index in [9.17, 15) is 14.4 Å². The van der Waals surface area contributed by atoms with Gasteiger partial charge in [-0.1, -0.05) is 47.5 Å². The van der Waals surface area contributed by atoms with Crippen LogP contribution in [0.25, 0.3) is 0 Å². The van der Waals surface area contributed by atoms with Gasteiger partial charge in [-0.3, -0.25) is 14.4 Å². The molecule has 0 aliphatic carbocycles. The summed E-state index contributed by atoms with van der Waals surface area (Å²) in [4.78, 5) is 38.5. The lowest BCUT2D eigenvalue weighted by atomic mass is 10.1. The molecule has 9 heteroatoms. The highest BCUT2D eigenvalue weighted by Crippen LogP contribution is 2.36. The molecule has 1 saturated heterocycles. The van der Waals surface area contributed by atoms with E-state index in [4.69, 9.17) is 32.7 Å². The number of nitrogens with zero attached hydrogens (tertiary/aromatic N) is 1. The van der Waals surface area contributed by atoms with Crippen molar-refractivity contribution < 1.29 is 23.9 Å². The molecule has 1 heterocycles. The Morgan fingerprint density at radius 1 is 0.941 bits per heavy atom. The van der Waals surface area contributed by atoms with Gasteiger partial charge in [0.2, 0.25) is 5.91 Å². The molecule has 0 saturated carbocycles. The van der Waals surface area contributed by atoms with E-state index in [1.165, 1.54) is 4.90 Å². The number of hydrogen-bond acceptors (Lipinski definition) is 5. The highest BCUT2D eigenvalue weighted by molar-refractivity contribution is 6.44. The molecule has 0 unspecified atom stereocenters. The molecule has 3 aromatic carbocycles. The van der Waals surface area contributed by atoms with Gasteiger partial charge in [-0.05, 0) is 48.5 Å². The first-order valence-electron chi connectivity index (χ1n) is 10.4. The van der Waals surface area contributed by atoms with Crippen LogP contribution >= 0.6 is 23.2 Å². The zero-order valence-corrected chi connectivity index (χ0v) is 19.4. The Labute approximate surface area is 206 Å². The number of rotatable bonds is 7. The zero-order valence-electron chi connectivity index (χ0n) is 17.9. The molecule has 0 spiro atoms. The van der Waals surface area contributed by atoms with Crippen LogP contribution in [-0.4, -0.2) is 30.9 Å². The van der Waals surface area contributed by atoms with Crippen molar-refractivity contribution in [2.24, 2.45) is 5.92 Å². The summed E-state index contributed by atoms with van der Waals surface area (Å²) >= 11 is 12.2. The summed E-state index contributed by atoms with van der Waals surface area (Å²) in [6.45, 7) is -0.369. The third-order valence-electron chi connectivity index (χ3n) is 5.14. The van der Waals surface area contributed by atoms with Crippen molar-refractivity contribution in [3.63, 3.8) is 0 Å². The third kappa shape index (κ3) is 5.68. The largest absolute Gasteiger partial charge is 0.457 e. The minimum Gasteiger partial charge on any atom is -0.457 e. The fourth-order valence-electron chi connectivity index (χ4n) is 3.48. The number of para-hydroxylation sites is 1. The number of amides is 2. The highest BCUT2D eigenvalue weighted by Gasteiger charge is 2.37. The molecule has 3 aromatic rings. The standard InChI is InChI=1S/C25H20Cl2N2O5/c26-20-7-4-8-21(24(20)27)29-14-16(13-23(29)31)25(32)33-15-22(30)28-17-9-11-19(12-10-17)34-18-5-2-1-3-6-18/h1-12,16H,13-15H2,(H,28,30)/t16-/m0/s1. The van der Waals surface area contributed by atoms with E-state index in [0.29, 0.717) is 27.9 Å². The Hall–Kier alpha value is -3.55. The molecular formula is C25H20Cl2N2O5. The normalized spacial score (nSPS) is 15.2. The number of anilines is 2. The molecule has 4 rings (SSSR count). The van der Waals surface area contributed by atoms with Crippen molar-refractivity contribution in [3.05, 3.63) is 82.8 Å². The van der Waals surface area contributed by atoms with Crippen molar-refractivity contribution >= 4 is 52.4 Å². The monoisotopic (exact) mass is 498 g/mol. The maximum atomic E-state index is 12.4. The second kappa shape index (κ2) is 10.6. The highest BCUT2D eigenvalue weighted by atomic mass is 35.5. The van der Waals surface area contributed by atoms with Gasteiger partial charge in [0.15, 0.2) is 6.61 Å². The topological polar surface area (TPSA) is 84.9 Å². The summed E-state index contributed by atoms with van der Waals surface area (Å²) in [5.41, 5.74) is 0.964. The van der Waals surface area contributed by atoms with E-state index in [-0.39, 0.29) is 23.9 Å². The summed E-state index contributed by atoms with van der Waals surface area (Å²) < 4.78 is 10.8. The summed E-state index contributed by atoms with van der Waals surface area (Å²) in [6, 6.07) is 21.1. The average Bonchev–Trinajstić information content (AvgIpc) is 3.22. The Balaban J connectivity index is 1.26. The Bertz CT molecular complexity index is 1200. The molecule has 1 fully saturated rings. The lowest BCUT2D eigenvalue weighted by Gasteiger charge is -2.18. The van der Waals surface area contributed by atoms with Crippen LogP contribution in [-0.2, 0) is 19.1 Å². The molecule has 0 radical (unpaired) electrons. The number of nitrogens with one attached hydrogen (secondary N) is 1. The van der Waals surface area contributed by atoms with Gasteiger partial charge in [0.25, 0.3) is 5.91 Å². The van der Waals surface area contributed by atoms with Crippen LogP contribution in [0.1, 0.15) is 6.42 Å². The van der Waals surface area contributed by atoms with Crippen LogP contribution in [0.3, 0.4) is 0 Å². The van der Waals surface area contributed by atoms with Crippen molar-refractivity contribution in [2.75, 3.05) is 23.4 Å². The fraction of sp³-hybridized carbons (Fsp3) is 0.160. The fourth-order valence-corrected chi connectivity index (χ4v) is 3.88. The van der Waals surface area contributed by atoms with Crippen molar-refractivity contribution in [1.29, 1.82) is 0 Å². The van der Waals surface area contributed by atoms with Crippen LogP contribution in [0, 0.1) is 5.92 Å². The van der Waals surface area contributed by atoms with E-state index in [0.717, 1.165) is 0 Å². The van der Waals surface area contributed by atoms with Crippen LogP contribution < -0.4 is 15.0 Å². The van der Waals surface area contributed by atoms with E-state index in [2.05, 4.69) is 5.32 Å². The summed E-state index contributed by atoms with van der Waals surface area (Å²) in [5.74, 6) is -0.781. The first kappa shape index (κ1) is 23.6. The molecule has 2 amide bonds. The molecule has 0 bridgehead atoms. The van der Waals surface area contributed by atoms with Crippen molar-refractivity contribution in [3.8, 4) is 11.5 Å². The van der Waals surface area contributed by atoms with Gasteiger partial charge in [0.05, 0.1) is 21.7 Å². The minimum absolute atomic E-state index is 0.0355. The van der Waals surface area contributed by atoms with Crippen LogP contribution in [0.2, 0.25) is 10.0 Å². The Kier molecular flexibility index (Phi) is 7.35. The van der Waals surface area contributed by atoms with E-state index in [1.54, 1.807) is 42.5 Å². The van der Waals surface area contributed by atoms with Crippen molar-refractivity contribution in [2.45, 2.75) is 6.42 Å². The molecule has 174 valence electrons. The van der Waals surface area contributed by atoms with E-state index in [1.807, 2.05) is 30.3 Å². The smallest absolute Gasteiger partial charge is 0.311 e. The number of carbonyl (C=O) groups excluding carboxylic acids is 3. The number of benzene rings is 3. The number of esters is 1. The van der Waals surface area contributed by atoms with Gasteiger partial charge < -0.3 is 19.7 Å². The second-order valence-electron chi connectivity index (χ2n) is 7.57. The third-order valence-corrected chi connectivity index (χ3v) is 5.95. The van der Waals surface area contributed by atoms with Gasteiger partial charge in [-0.25, -0.2) is 0 Å². The Morgan fingerprint density at radius 3 is 2.38 bits per heavy atom. The number of carbonyl (C=O) groups is 3. The minimum atomic E-state index is -0.704. The molecule has 34 heavy (non-hydrogen) atoms. The molecule has 0 aromatic heterocycles. The van der Waals surface area contributed by atoms with Crippen LogP contribution in [0.4, 0.5) is 11.4 Å². The summed E-state index contributed by atoms with van der Waals surface area (Å²) in [6.07, 6.45) is -0.0355. The zero-order chi connectivity index (χ0) is 24.1. The predicted octanol–water partition coefficient (Wildman–Crippen LogP) is 5.32. The molecule has 1 N–H and O–H groups in total. The SMILES string of the molecule is O=C(COC(=O)[C@H]1CC(=O)N(c2cccc(Cl)c2Cl)C1)Nc1ccc(Oc2ccccc2)cc1. The number of halogens is 2. The van der Waals surface area contributed by atoms with E-state index >= 15 is 0 Å². The number of ether oxygens (including phenoxy) is 2. The van der Waals surface area contributed by atoms with Gasteiger partial charge >= 0.3 is 5.97 Å². The maximum Gasteiger partial charge on any atom is 0.311 e. The molecule has 1 atom stereocenters. The second-order valence-corrected chi connectivity index (χ2v) is 8.36. The molecule has 1 aliphatic rings. The first-order valence-corrected chi connectivity index (χ1v) is 11.2. The van der Waals surface area contributed by atoms with E-state index < -0.39 is 24.4 Å². The predicted molar refractivity (Wildman–Crippen MR) is 129 cm³/mol. The van der Waals surface area contributed by atoms with Gasteiger partial charge in [0.1, 0.15) is 11.5 Å². The lowest BCUT2D eigenvalue weighted by molar-refractivity contribution is -0.151. The van der Waals surface area contributed by atoms with Crippen LogP contribution in [0.5, 0.6) is 11.5 Å². The molecular weight excluding hydrogens is 479 g/mol. The van der Waals surface area contributed by atoms with Gasteiger partial charge in [-0.15, -0.1) is 0 Å². The quantitative estimate of drug-likeness (QED) is 0.445. The Morgan fingerprint density at radius 2 is 1.65 bits per heavy atom. The maximum absolute atomic E-state index is 12.4. The summed E-state index contributed by atoms with van der Waals surface area (Å²) in [7, 11) is 0. The molecule has 1 aliphatic heterocycles. The summed E-state index contributed by atoms with van der Waals surface area (Å²) in [5, 5.41) is 3.21. The van der Waals surface area contributed by atoms with Gasteiger partial charge in [0, 0.05) is 18.7 Å². The molecule has 7 nitrogen and oxygen atoms in total.